The van der Waals surface area contributed by atoms with Crippen LogP contribution in [0.4, 0.5) is 5.69 Å². The smallest absolute Gasteiger partial charge is 0.313 e. The van der Waals surface area contributed by atoms with Crippen molar-refractivity contribution >= 4 is 17.6 Å². The molecule has 5 heteroatoms. The van der Waals surface area contributed by atoms with E-state index in [1.54, 1.807) is 0 Å². The summed E-state index contributed by atoms with van der Waals surface area (Å²) in [6.07, 6.45) is 2.24. The number of para-hydroxylation sites is 1. The van der Waals surface area contributed by atoms with Crippen LogP contribution in [-0.2, 0) is 16.0 Å². The molecule has 1 aliphatic carbocycles. The fourth-order valence-corrected chi connectivity index (χ4v) is 5.38. The molecule has 2 saturated heterocycles. The number of ether oxygens (including phenoxy) is 1. The van der Waals surface area contributed by atoms with Gasteiger partial charge in [0, 0.05) is 43.3 Å². The van der Waals surface area contributed by atoms with Crippen molar-refractivity contribution in [2.45, 2.75) is 33.1 Å². The number of amides is 1. The number of hydrogen-bond donors (Lipinski definition) is 0. The van der Waals surface area contributed by atoms with E-state index in [9.17, 15) is 9.59 Å². The van der Waals surface area contributed by atoms with Crippen LogP contribution in [0, 0.1) is 11.3 Å². The number of carbonyl (C=O) groups excluding carboxylic acids is 2. The Morgan fingerprint density at radius 2 is 1.70 bits per heavy atom. The number of anilines is 1. The lowest BCUT2D eigenvalue weighted by molar-refractivity contribution is -0.146. The van der Waals surface area contributed by atoms with Gasteiger partial charge >= 0.3 is 5.97 Å². The molecule has 3 aliphatic rings. The predicted octanol–water partition coefficient (Wildman–Crippen LogP) is 4.73. The number of cyclic esters (lactones) is 1. The summed E-state index contributed by atoms with van der Waals surface area (Å²) in [4.78, 5) is 29.8. The molecule has 0 bridgehead atoms. The molecule has 2 aromatic rings. The third-order valence-electron chi connectivity index (χ3n) is 7.11. The van der Waals surface area contributed by atoms with Crippen LogP contribution >= 0.6 is 0 Å². The summed E-state index contributed by atoms with van der Waals surface area (Å²) >= 11 is 0. The van der Waals surface area contributed by atoms with Gasteiger partial charge in [-0.1, -0.05) is 56.3 Å². The molecule has 3 fully saturated rings. The van der Waals surface area contributed by atoms with E-state index >= 15 is 0 Å². The van der Waals surface area contributed by atoms with Crippen LogP contribution in [0.1, 0.15) is 42.6 Å². The predicted molar refractivity (Wildman–Crippen MR) is 131 cm³/mol. The van der Waals surface area contributed by atoms with Gasteiger partial charge in [0.05, 0.1) is 12.0 Å². The highest BCUT2D eigenvalue weighted by atomic mass is 16.5. The second-order valence-electron chi connectivity index (χ2n) is 9.07. The summed E-state index contributed by atoms with van der Waals surface area (Å²) in [7, 11) is 0. The van der Waals surface area contributed by atoms with Crippen LogP contribution in [0.25, 0.3) is 0 Å². The minimum atomic E-state index is -0.462. The fraction of sp³-hybridized carbons (Fsp3) is 0.429. The lowest BCUT2D eigenvalue weighted by Gasteiger charge is -2.36. The largest absolute Gasteiger partial charge is 0.465 e. The minimum Gasteiger partial charge on any atom is -0.465 e. The van der Waals surface area contributed by atoms with Crippen LogP contribution in [-0.4, -0.2) is 49.6 Å². The van der Waals surface area contributed by atoms with Crippen LogP contribution in [0.5, 0.6) is 0 Å². The highest BCUT2D eigenvalue weighted by Gasteiger charge is 2.55. The molecule has 174 valence electrons. The zero-order valence-corrected chi connectivity index (χ0v) is 19.8. The molecule has 33 heavy (non-hydrogen) atoms. The molecule has 2 aromatic carbocycles. The maximum absolute atomic E-state index is 13.0. The zero-order chi connectivity index (χ0) is 23.4. The Labute approximate surface area is 197 Å². The number of hydrogen-bond acceptors (Lipinski definition) is 4. The van der Waals surface area contributed by atoms with Gasteiger partial charge in [-0.05, 0) is 49.1 Å². The van der Waals surface area contributed by atoms with E-state index in [1.165, 1.54) is 5.69 Å². The first-order valence-corrected chi connectivity index (χ1v) is 12.1. The number of carbonyl (C=O) groups is 2. The summed E-state index contributed by atoms with van der Waals surface area (Å²) in [6.45, 7) is 11.7. The molecule has 0 spiro atoms. The Morgan fingerprint density at radius 1 is 1.03 bits per heavy atom. The summed E-state index contributed by atoms with van der Waals surface area (Å²) in [6, 6.07) is 18.1. The van der Waals surface area contributed by atoms with Gasteiger partial charge < -0.3 is 14.5 Å². The zero-order valence-electron chi connectivity index (χ0n) is 19.8. The van der Waals surface area contributed by atoms with E-state index in [0.717, 1.165) is 30.6 Å². The summed E-state index contributed by atoms with van der Waals surface area (Å²) in [5.74, 6) is 0.215. The molecule has 2 heterocycles. The van der Waals surface area contributed by atoms with E-state index in [4.69, 9.17) is 4.74 Å². The van der Waals surface area contributed by atoms with Gasteiger partial charge in [-0.15, -0.1) is 0 Å². The molecule has 1 saturated carbocycles. The first-order chi connectivity index (χ1) is 16.0. The lowest BCUT2D eigenvalue weighted by Crippen LogP contribution is -2.48. The van der Waals surface area contributed by atoms with E-state index in [2.05, 4.69) is 23.6 Å². The van der Waals surface area contributed by atoms with Crippen LogP contribution < -0.4 is 4.90 Å². The average Bonchev–Trinajstić information content (AvgIpc) is 3.34. The molecule has 2 aliphatic heterocycles. The van der Waals surface area contributed by atoms with E-state index in [-0.39, 0.29) is 17.8 Å². The van der Waals surface area contributed by atoms with Gasteiger partial charge in [0.2, 0.25) is 0 Å². The normalized spacial score (nSPS) is 24.1. The second kappa shape index (κ2) is 9.82. The lowest BCUT2D eigenvalue weighted by atomic mass is 9.75. The van der Waals surface area contributed by atoms with E-state index in [0.29, 0.717) is 38.1 Å². The van der Waals surface area contributed by atoms with Gasteiger partial charge in [-0.3, -0.25) is 9.59 Å². The highest BCUT2D eigenvalue weighted by Crippen LogP contribution is 2.52. The third kappa shape index (κ3) is 4.54. The Bertz CT molecular complexity index is 994. The van der Waals surface area contributed by atoms with Gasteiger partial charge in [0.25, 0.3) is 5.91 Å². The molecule has 0 N–H and O–H groups in total. The molecule has 0 radical (unpaired) electrons. The first-order valence-electron chi connectivity index (χ1n) is 12.1. The Balaban J connectivity index is 0.00000126. The van der Waals surface area contributed by atoms with Gasteiger partial charge in [-0.25, -0.2) is 0 Å². The third-order valence-corrected chi connectivity index (χ3v) is 7.11. The maximum atomic E-state index is 13.0. The molecule has 2 atom stereocenters. The van der Waals surface area contributed by atoms with Crippen molar-refractivity contribution in [3.8, 4) is 0 Å². The number of nitrogens with zero attached hydrogens (tertiary/aromatic N) is 2. The van der Waals surface area contributed by atoms with E-state index in [1.807, 2.05) is 61.2 Å². The van der Waals surface area contributed by atoms with Crippen LogP contribution in [0.3, 0.4) is 0 Å². The van der Waals surface area contributed by atoms with Gasteiger partial charge in [0.1, 0.15) is 0 Å². The average molecular weight is 447 g/mol. The SMILES string of the molecule is C=C1CC2COC(=O)C2(Cc2ccc(C(=O)N3CCN(c4ccccc4)CC3)cc2)C1.CC. The number of esters is 1. The van der Waals surface area contributed by atoms with Crippen molar-refractivity contribution in [2.24, 2.45) is 11.3 Å². The second-order valence-corrected chi connectivity index (χ2v) is 9.07. The monoisotopic (exact) mass is 446 g/mol. The van der Waals surface area contributed by atoms with Crippen molar-refractivity contribution in [2.75, 3.05) is 37.7 Å². The maximum Gasteiger partial charge on any atom is 0.313 e. The van der Waals surface area contributed by atoms with Gasteiger partial charge in [-0.2, -0.15) is 0 Å². The highest BCUT2D eigenvalue weighted by molar-refractivity contribution is 5.94. The molecule has 1 amide bonds. The van der Waals surface area contributed by atoms with Crippen molar-refractivity contribution in [3.05, 3.63) is 77.9 Å². The molecule has 5 rings (SSSR count). The van der Waals surface area contributed by atoms with Crippen molar-refractivity contribution in [1.82, 2.24) is 4.90 Å². The van der Waals surface area contributed by atoms with Crippen molar-refractivity contribution < 1.29 is 14.3 Å². The first kappa shape index (κ1) is 23.1. The molecule has 2 unspecified atom stereocenters. The molecular weight excluding hydrogens is 412 g/mol. The summed E-state index contributed by atoms with van der Waals surface area (Å²) in [5, 5.41) is 0. The standard InChI is InChI=1S/C26H28N2O3.C2H6/c1-19-15-22-18-31-25(30)26(22,16-19)17-20-7-9-21(10-8-20)24(29)28-13-11-27(12-14-28)23-5-3-2-4-6-23;1-2/h2-10,22H,1,11-18H2;1-2H3. The minimum absolute atomic E-state index is 0.0739. The fourth-order valence-electron chi connectivity index (χ4n) is 5.38. The summed E-state index contributed by atoms with van der Waals surface area (Å²) < 4.78 is 5.38. The van der Waals surface area contributed by atoms with Crippen LogP contribution in [0.2, 0.25) is 0 Å². The van der Waals surface area contributed by atoms with Crippen molar-refractivity contribution in [3.63, 3.8) is 0 Å². The molecular formula is C28H34N2O3. The van der Waals surface area contributed by atoms with Crippen molar-refractivity contribution in [1.29, 1.82) is 0 Å². The Morgan fingerprint density at radius 3 is 2.36 bits per heavy atom. The Hall–Kier alpha value is -3.08. The quantitative estimate of drug-likeness (QED) is 0.503. The number of allylic oxidation sites excluding steroid dienone is 1. The number of benzene rings is 2. The summed E-state index contributed by atoms with van der Waals surface area (Å²) in [5.41, 5.74) is 3.66. The number of rotatable bonds is 4. The topological polar surface area (TPSA) is 49.9 Å². The van der Waals surface area contributed by atoms with Gasteiger partial charge in [0.15, 0.2) is 0 Å². The molecule has 5 nitrogen and oxygen atoms in total. The Kier molecular flexibility index (Phi) is 6.87. The number of fused-ring (bicyclic) bond motifs is 1. The number of piperazine rings is 1. The van der Waals surface area contributed by atoms with Crippen LogP contribution in [0.15, 0.2) is 66.7 Å². The van der Waals surface area contributed by atoms with E-state index < -0.39 is 5.41 Å². The molecule has 0 aromatic heterocycles.